The van der Waals surface area contributed by atoms with Crippen molar-refractivity contribution in [2.24, 2.45) is 5.92 Å². The van der Waals surface area contributed by atoms with Gasteiger partial charge in [0, 0.05) is 37.1 Å². The van der Waals surface area contributed by atoms with Crippen LogP contribution in [-0.2, 0) is 9.47 Å². The number of aromatic nitrogens is 1. The summed E-state index contributed by atoms with van der Waals surface area (Å²) in [5.74, 6) is 0.935. The molecule has 1 aromatic heterocycles. The Kier molecular flexibility index (Phi) is 5.09. The summed E-state index contributed by atoms with van der Waals surface area (Å²) in [5, 5.41) is 1.06. The Morgan fingerprint density at radius 2 is 1.96 bits per heavy atom. The van der Waals surface area contributed by atoms with Gasteiger partial charge >= 0.3 is 0 Å². The third kappa shape index (κ3) is 3.95. The second kappa shape index (κ2) is 7.85. The van der Waals surface area contributed by atoms with Gasteiger partial charge in [-0.1, -0.05) is 18.2 Å². The van der Waals surface area contributed by atoms with E-state index in [1.165, 1.54) is 19.4 Å². The van der Waals surface area contributed by atoms with Gasteiger partial charge in [0.05, 0.1) is 19.3 Å². The third-order valence-corrected chi connectivity index (χ3v) is 6.20. The number of H-pyrrole nitrogens is 1. The smallest absolute Gasteiger partial charge is 0.272 e. The molecule has 28 heavy (non-hydrogen) atoms. The van der Waals surface area contributed by atoms with E-state index >= 15 is 0 Å². The molecule has 2 aromatic rings. The first kappa shape index (κ1) is 18.2. The van der Waals surface area contributed by atoms with E-state index < -0.39 is 0 Å². The number of nitrogens with zero attached hydrogens (tertiary/aromatic N) is 2. The monoisotopic (exact) mass is 383 g/mol. The summed E-state index contributed by atoms with van der Waals surface area (Å²) in [6.45, 7) is 5.04. The molecule has 0 spiro atoms. The molecule has 1 N–H and O–H groups in total. The molecular weight excluding hydrogens is 354 g/mol. The number of nitrogens with one attached hydrogen (secondary N) is 1. The second-order valence-electron chi connectivity index (χ2n) is 8.38. The number of amides is 1. The molecule has 1 aliphatic carbocycles. The van der Waals surface area contributed by atoms with Crippen LogP contribution in [-0.4, -0.2) is 72.4 Å². The molecule has 2 saturated heterocycles. The van der Waals surface area contributed by atoms with Gasteiger partial charge in [0.1, 0.15) is 5.69 Å². The maximum Gasteiger partial charge on any atom is 0.272 e. The lowest BCUT2D eigenvalue weighted by Gasteiger charge is -2.39. The molecule has 0 radical (unpaired) electrons. The van der Waals surface area contributed by atoms with Crippen molar-refractivity contribution in [3.8, 4) is 0 Å². The number of aromatic amines is 1. The van der Waals surface area contributed by atoms with Crippen molar-refractivity contribution in [2.75, 3.05) is 39.4 Å². The molecule has 1 atom stereocenters. The van der Waals surface area contributed by atoms with Crippen molar-refractivity contribution in [3.05, 3.63) is 36.0 Å². The maximum absolute atomic E-state index is 13.2. The standard InChI is InChI=1S/C22H29N3O3/c26-22(20-13-17-3-1-2-4-19(17)23-20)25-11-12-27-15-21(25)28-18-7-9-24(10-8-18)14-16-5-6-16/h1-4,13,16,18,21,23H,5-12,14-15H2. The Bertz CT molecular complexity index is 790. The van der Waals surface area contributed by atoms with E-state index in [-0.39, 0.29) is 18.2 Å². The SMILES string of the molecule is O=C(c1cc2ccccc2[nH]1)N1CCOCC1OC1CCN(CC2CC2)CC1. The largest absolute Gasteiger partial charge is 0.375 e. The summed E-state index contributed by atoms with van der Waals surface area (Å²) in [4.78, 5) is 20.8. The van der Waals surface area contributed by atoms with Crippen LogP contribution in [0, 0.1) is 5.92 Å². The van der Waals surface area contributed by atoms with Crippen LogP contribution in [0.4, 0.5) is 0 Å². The lowest BCUT2D eigenvalue weighted by atomic mass is 10.1. The van der Waals surface area contributed by atoms with Crippen LogP contribution in [0.25, 0.3) is 10.9 Å². The van der Waals surface area contributed by atoms with E-state index in [0.717, 1.165) is 42.8 Å². The average Bonchev–Trinajstić information content (AvgIpc) is 3.43. The lowest BCUT2D eigenvalue weighted by molar-refractivity contribution is -0.156. The van der Waals surface area contributed by atoms with Gasteiger partial charge in [0.15, 0.2) is 6.23 Å². The van der Waals surface area contributed by atoms with E-state index in [0.29, 0.717) is 25.5 Å². The third-order valence-electron chi connectivity index (χ3n) is 6.20. The minimum atomic E-state index is -0.298. The summed E-state index contributed by atoms with van der Waals surface area (Å²) in [6, 6.07) is 9.91. The van der Waals surface area contributed by atoms with Gasteiger partial charge in [-0.3, -0.25) is 4.79 Å². The number of carbonyl (C=O) groups is 1. The van der Waals surface area contributed by atoms with Crippen LogP contribution in [0.5, 0.6) is 0 Å². The number of para-hydroxylation sites is 1. The predicted molar refractivity (Wildman–Crippen MR) is 107 cm³/mol. The first-order valence-electron chi connectivity index (χ1n) is 10.6. The molecule has 5 rings (SSSR count). The zero-order valence-corrected chi connectivity index (χ0v) is 16.3. The molecule has 1 aromatic carbocycles. The van der Waals surface area contributed by atoms with Crippen LogP contribution in [0.3, 0.4) is 0 Å². The van der Waals surface area contributed by atoms with Crippen molar-refractivity contribution in [1.82, 2.24) is 14.8 Å². The Morgan fingerprint density at radius 1 is 1.14 bits per heavy atom. The van der Waals surface area contributed by atoms with E-state index in [2.05, 4.69) is 9.88 Å². The Labute approximate surface area is 165 Å². The van der Waals surface area contributed by atoms with Crippen LogP contribution in [0.1, 0.15) is 36.2 Å². The molecule has 2 aliphatic heterocycles. The van der Waals surface area contributed by atoms with Crippen LogP contribution < -0.4 is 0 Å². The number of rotatable bonds is 5. The van der Waals surface area contributed by atoms with Gasteiger partial charge in [0.2, 0.25) is 0 Å². The summed E-state index contributed by atoms with van der Waals surface area (Å²) in [5.41, 5.74) is 1.61. The number of carbonyl (C=O) groups excluding carboxylic acids is 1. The average molecular weight is 383 g/mol. The van der Waals surface area contributed by atoms with Gasteiger partial charge in [0.25, 0.3) is 5.91 Å². The topological polar surface area (TPSA) is 57.8 Å². The Hall–Kier alpha value is -1.89. The molecule has 3 aliphatic rings. The molecule has 3 heterocycles. The van der Waals surface area contributed by atoms with Crippen LogP contribution >= 0.6 is 0 Å². The highest BCUT2D eigenvalue weighted by molar-refractivity contribution is 5.98. The predicted octanol–water partition coefficient (Wildman–Crippen LogP) is 2.86. The zero-order chi connectivity index (χ0) is 18.9. The number of hydrogen-bond acceptors (Lipinski definition) is 4. The molecule has 1 saturated carbocycles. The highest BCUT2D eigenvalue weighted by Gasteiger charge is 2.33. The van der Waals surface area contributed by atoms with E-state index in [4.69, 9.17) is 9.47 Å². The first-order valence-corrected chi connectivity index (χ1v) is 10.6. The number of ether oxygens (including phenoxy) is 2. The molecule has 150 valence electrons. The molecule has 1 amide bonds. The number of fused-ring (bicyclic) bond motifs is 1. The van der Waals surface area contributed by atoms with Crippen molar-refractivity contribution in [3.63, 3.8) is 0 Å². The van der Waals surface area contributed by atoms with Crippen LogP contribution in [0.2, 0.25) is 0 Å². The first-order chi connectivity index (χ1) is 13.8. The highest BCUT2D eigenvalue weighted by Crippen LogP contribution is 2.31. The summed E-state index contributed by atoms with van der Waals surface area (Å²) < 4.78 is 12.0. The van der Waals surface area contributed by atoms with Crippen LogP contribution in [0.15, 0.2) is 30.3 Å². The quantitative estimate of drug-likeness (QED) is 0.863. The van der Waals surface area contributed by atoms with Gasteiger partial charge in [-0.15, -0.1) is 0 Å². The summed E-state index contributed by atoms with van der Waals surface area (Å²) >= 11 is 0. The summed E-state index contributed by atoms with van der Waals surface area (Å²) in [6.07, 6.45) is 4.80. The zero-order valence-electron chi connectivity index (χ0n) is 16.3. The van der Waals surface area contributed by atoms with Gasteiger partial charge in [-0.2, -0.15) is 0 Å². The molecule has 6 nitrogen and oxygen atoms in total. The maximum atomic E-state index is 13.2. The molecule has 6 heteroatoms. The minimum Gasteiger partial charge on any atom is -0.375 e. The Balaban J connectivity index is 1.22. The fraction of sp³-hybridized carbons (Fsp3) is 0.591. The van der Waals surface area contributed by atoms with Gasteiger partial charge in [-0.25, -0.2) is 0 Å². The Morgan fingerprint density at radius 3 is 2.75 bits per heavy atom. The molecule has 3 fully saturated rings. The number of benzene rings is 1. The normalized spacial score (nSPS) is 24.7. The molecule has 1 unspecified atom stereocenters. The number of piperidine rings is 1. The van der Waals surface area contributed by atoms with Crippen molar-refractivity contribution < 1.29 is 14.3 Å². The number of hydrogen-bond donors (Lipinski definition) is 1. The van der Waals surface area contributed by atoms with E-state index in [9.17, 15) is 4.79 Å². The van der Waals surface area contributed by atoms with Gasteiger partial charge in [-0.05, 0) is 43.7 Å². The number of morpholine rings is 1. The molecular formula is C22H29N3O3. The van der Waals surface area contributed by atoms with Crippen molar-refractivity contribution in [1.29, 1.82) is 0 Å². The van der Waals surface area contributed by atoms with Crippen molar-refractivity contribution in [2.45, 2.75) is 38.0 Å². The van der Waals surface area contributed by atoms with E-state index in [1.807, 2.05) is 35.2 Å². The fourth-order valence-corrected chi connectivity index (χ4v) is 4.39. The number of likely N-dealkylation sites (tertiary alicyclic amines) is 1. The highest BCUT2D eigenvalue weighted by atomic mass is 16.6. The minimum absolute atomic E-state index is 0.00401. The van der Waals surface area contributed by atoms with Gasteiger partial charge < -0.3 is 24.3 Å². The van der Waals surface area contributed by atoms with E-state index in [1.54, 1.807) is 0 Å². The fourth-order valence-electron chi connectivity index (χ4n) is 4.39. The summed E-state index contributed by atoms with van der Waals surface area (Å²) in [7, 11) is 0. The second-order valence-corrected chi connectivity index (χ2v) is 8.38. The lowest BCUT2D eigenvalue weighted by Crippen LogP contribution is -2.52. The van der Waals surface area contributed by atoms with Crippen molar-refractivity contribution >= 4 is 16.8 Å². The molecule has 0 bridgehead atoms.